The van der Waals surface area contributed by atoms with Gasteiger partial charge in [0.25, 0.3) is 0 Å². The lowest BCUT2D eigenvalue weighted by Gasteiger charge is -2.25. The number of aliphatic carboxylic acids is 1. The van der Waals surface area contributed by atoms with E-state index in [-0.39, 0.29) is 18.2 Å². The third-order valence-corrected chi connectivity index (χ3v) is 6.17. The molecule has 8 nitrogen and oxygen atoms in total. The van der Waals surface area contributed by atoms with E-state index in [1.165, 1.54) is 17.0 Å². The van der Waals surface area contributed by atoms with Crippen molar-refractivity contribution in [1.29, 1.82) is 0 Å². The van der Waals surface area contributed by atoms with Crippen molar-refractivity contribution in [2.24, 2.45) is 10.7 Å². The number of aliphatic imine (C=N–C) groups is 1. The van der Waals surface area contributed by atoms with Crippen LogP contribution in [0.15, 0.2) is 71.7 Å². The van der Waals surface area contributed by atoms with Crippen LogP contribution in [0.2, 0.25) is 0 Å². The smallest absolute Gasteiger partial charge is 0.303 e. The number of hydrogen-bond donors (Lipinski definition) is 4. The molecule has 1 heterocycles. The lowest BCUT2D eigenvalue weighted by Crippen LogP contribution is -2.49. The number of aryl methyl sites for hydroxylation is 1. The number of fused-ring (bicyclic) bond motifs is 1. The van der Waals surface area contributed by atoms with E-state index in [4.69, 9.17) is 15.8 Å². The van der Waals surface area contributed by atoms with Crippen LogP contribution in [0.1, 0.15) is 37.0 Å². The summed E-state index contributed by atoms with van der Waals surface area (Å²) < 4.78 is 13.8. The van der Waals surface area contributed by atoms with Gasteiger partial charge < -0.3 is 25.8 Å². The van der Waals surface area contributed by atoms with Crippen molar-refractivity contribution in [1.82, 2.24) is 4.98 Å². The molecular weight excluding hydrogens is 487 g/mol. The Morgan fingerprint density at radius 3 is 2.32 bits per heavy atom. The molecule has 0 unspecified atom stereocenters. The fourth-order valence-electron chi connectivity index (χ4n) is 4.17. The molecule has 9 heteroatoms. The Hall–Kier alpha value is -4.50. The number of aromatic hydroxyl groups is 1. The van der Waals surface area contributed by atoms with E-state index < -0.39 is 17.3 Å². The summed E-state index contributed by atoms with van der Waals surface area (Å²) in [6, 6.07) is 18.4. The third kappa shape index (κ3) is 5.73. The maximum atomic E-state index is 13.8. The van der Waals surface area contributed by atoms with Gasteiger partial charge in [-0.3, -0.25) is 9.59 Å². The Balaban J connectivity index is 1.78. The van der Waals surface area contributed by atoms with Crippen molar-refractivity contribution < 1.29 is 24.2 Å². The Bertz CT molecular complexity index is 1520. The highest BCUT2D eigenvalue weighted by atomic mass is 19.1. The molecule has 0 radical (unpaired) electrons. The lowest BCUT2D eigenvalue weighted by atomic mass is 9.98. The molecule has 0 aliphatic rings. The number of nitrogens with one attached hydrogen (secondary N) is 1. The maximum absolute atomic E-state index is 13.8. The first-order valence-electron chi connectivity index (χ1n) is 12.0. The van der Waals surface area contributed by atoms with Gasteiger partial charge in [0.2, 0.25) is 5.91 Å². The number of nitrogens with two attached hydrogens (primary N) is 1. The van der Waals surface area contributed by atoms with Crippen molar-refractivity contribution in [2.45, 2.75) is 32.2 Å². The number of carboxylic acids is 1. The summed E-state index contributed by atoms with van der Waals surface area (Å²) in [5, 5.41) is 20.4. The monoisotopic (exact) mass is 516 g/mol. The second kappa shape index (κ2) is 10.5. The van der Waals surface area contributed by atoms with Crippen molar-refractivity contribution in [3.8, 4) is 5.88 Å². The van der Waals surface area contributed by atoms with E-state index in [2.05, 4.69) is 4.98 Å². The van der Waals surface area contributed by atoms with Crippen LogP contribution < -0.4 is 10.6 Å². The van der Waals surface area contributed by atoms with E-state index in [1.54, 1.807) is 51.2 Å². The first-order valence-corrected chi connectivity index (χ1v) is 12.0. The number of likely N-dealkylation sites (N-methyl/N-ethyl adjacent to an activating group) is 1. The molecule has 4 aromatic rings. The fraction of sp³-hybridized carbons (Fsp3) is 0.207. The number of carboxylic acid groups (broad SMARTS) is 1. The van der Waals surface area contributed by atoms with Gasteiger partial charge in [-0.25, -0.2) is 9.38 Å². The predicted octanol–water partition coefficient (Wildman–Crippen LogP) is 4.90. The molecule has 0 saturated carbocycles. The molecule has 0 aliphatic carbocycles. The SMILES string of the molecule is CN(C(=O)C(C)(C)N)c1ccc(N=C(c2ccc(CCC(=O)O)cc2)c2c(O)[nH]c3cc(F)ccc23)cc1. The minimum absolute atomic E-state index is 0.0136. The molecule has 0 fully saturated rings. The molecule has 0 bridgehead atoms. The van der Waals surface area contributed by atoms with Crippen LogP contribution in [-0.2, 0) is 16.0 Å². The number of aromatic amines is 1. The summed E-state index contributed by atoms with van der Waals surface area (Å²) in [7, 11) is 1.65. The average Bonchev–Trinajstić information content (AvgIpc) is 3.19. The summed E-state index contributed by atoms with van der Waals surface area (Å²) in [5.41, 5.74) is 8.90. The summed E-state index contributed by atoms with van der Waals surface area (Å²) in [5.74, 6) is -1.72. The molecule has 0 spiro atoms. The van der Waals surface area contributed by atoms with Crippen LogP contribution in [0.25, 0.3) is 10.9 Å². The number of H-pyrrole nitrogens is 1. The second-order valence-corrected chi connectivity index (χ2v) is 9.69. The Labute approximate surface area is 219 Å². The Morgan fingerprint density at radius 1 is 1.05 bits per heavy atom. The first-order chi connectivity index (χ1) is 17.9. The minimum atomic E-state index is -1.03. The van der Waals surface area contributed by atoms with Crippen LogP contribution >= 0.6 is 0 Å². The highest BCUT2D eigenvalue weighted by Gasteiger charge is 2.26. The lowest BCUT2D eigenvalue weighted by molar-refractivity contribution is -0.137. The van der Waals surface area contributed by atoms with Gasteiger partial charge in [-0.15, -0.1) is 0 Å². The number of nitrogens with zero attached hydrogens (tertiary/aromatic N) is 2. The quantitative estimate of drug-likeness (QED) is 0.247. The molecule has 3 aromatic carbocycles. The van der Waals surface area contributed by atoms with Crippen LogP contribution in [0, 0.1) is 5.82 Å². The zero-order valence-corrected chi connectivity index (χ0v) is 21.3. The van der Waals surface area contributed by atoms with Gasteiger partial charge in [0.1, 0.15) is 5.82 Å². The molecule has 38 heavy (non-hydrogen) atoms. The highest BCUT2D eigenvalue weighted by molar-refractivity contribution is 6.21. The number of amides is 1. The molecule has 4 rings (SSSR count). The molecule has 5 N–H and O–H groups in total. The van der Waals surface area contributed by atoms with Gasteiger partial charge in [0.15, 0.2) is 5.88 Å². The number of rotatable bonds is 8. The molecule has 0 atom stereocenters. The van der Waals surface area contributed by atoms with Crippen molar-refractivity contribution >= 4 is 39.9 Å². The van der Waals surface area contributed by atoms with E-state index in [0.29, 0.717) is 45.5 Å². The van der Waals surface area contributed by atoms with Gasteiger partial charge in [-0.2, -0.15) is 0 Å². The van der Waals surface area contributed by atoms with Gasteiger partial charge in [-0.1, -0.05) is 24.3 Å². The Morgan fingerprint density at radius 2 is 1.71 bits per heavy atom. The van der Waals surface area contributed by atoms with Crippen LogP contribution in [0.3, 0.4) is 0 Å². The molecule has 196 valence electrons. The van der Waals surface area contributed by atoms with Crippen molar-refractivity contribution in [3.63, 3.8) is 0 Å². The average molecular weight is 517 g/mol. The van der Waals surface area contributed by atoms with Gasteiger partial charge >= 0.3 is 5.97 Å². The zero-order chi connectivity index (χ0) is 27.6. The normalized spacial score (nSPS) is 12.1. The van der Waals surface area contributed by atoms with Crippen LogP contribution in [0.5, 0.6) is 5.88 Å². The number of halogens is 1. The number of anilines is 1. The topological polar surface area (TPSA) is 132 Å². The largest absolute Gasteiger partial charge is 0.494 e. The second-order valence-electron chi connectivity index (χ2n) is 9.69. The standard InChI is InChI=1S/C29H29FN4O4/c1-29(2,31)28(38)34(3)21-12-10-20(11-13-21)32-26(18-7-4-17(5-8-18)6-15-24(35)36)25-22-14-9-19(30)16-23(22)33-27(25)37/h4-5,7-14,16,33,37H,6,15,31H2,1-3H3,(H,35,36). The number of hydrogen-bond acceptors (Lipinski definition) is 5. The number of aromatic nitrogens is 1. The minimum Gasteiger partial charge on any atom is -0.494 e. The van der Waals surface area contributed by atoms with Gasteiger partial charge in [-0.05, 0) is 68.3 Å². The fourth-order valence-corrected chi connectivity index (χ4v) is 4.17. The number of benzene rings is 3. The van der Waals surface area contributed by atoms with E-state index >= 15 is 0 Å². The molecule has 0 aliphatic heterocycles. The van der Waals surface area contributed by atoms with E-state index in [9.17, 15) is 19.1 Å². The highest BCUT2D eigenvalue weighted by Crippen LogP contribution is 2.32. The summed E-state index contributed by atoms with van der Waals surface area (Å²) >= 11 is 0. The van der Waals surface area contributed by atoms with Crippen LogP contribution in [0.4, 0.5) is 15.8 Å². The van der Waals surface area contributed by atoms with Crippen molar-refractivity contribution in [3.05, 3.63) is 89.2 Å². The first kappa shape index (κ1) is 26.6. The summed E-state index contributed by atoms with van der Waals surface area (Å²) in [6.45, 7) is 3.28. The van der Waals surface area contributed by atoms with E-state index in [1.807, 2.05) is 24.3 Å². The molecule has 1 aromatic heterocycles. The predicted molar refractivity (Wildman–Crippen MR) is 146 cm³/mol. The number of carbonyl (C=O) groups is 2. The third-order valence-electron chi connectivity index (χ3n) is 6.17. The van der Waals surface area contributed by atoms with Gasteiger partial charge in [0, 0.05) is 30.1 Å². The Kier molecular flexibility index (Phi) is 7.32. The maximum Gasteiger partial charge on any atom is 0.303 e. The zero-order valence-electron chi connectivity index (χ0n) is 21.3. The number of carbonyl (C=O) groups excluding carboxylic acids is 1. The summed E-state index contributed by atoms with van der Waals surface area (Å²) in [6.07, 6.45) is 0.396. The van der Waals surface area contributed by atoms with Crippen LogP contribution in [-0.4, -0.2) is 45.4 Å². The van der Waals surface area contributed by atoms with Gasteiger partial charge in [0.05, 0.1) is 28.0 Å². The summed E-state index contributed by atoms with van der Waals surface area (Å²) in [4.78, 5) is 32.6. The van der Waals surface area contributed by atoms with E-state index in [0.717, 1.165) is 5.56 Å². The van der Waals surface area contributed by atoms with Crippen molar-refractivity contribution in [2.75, 3.05) is 11.9 Å². The molecule has 0 saturated heterocycles. The molecular formula is C29H29FN4O4. The molecule has 1 amide bonds.